The quantitative estimate of drug-likeness (QED) is 0.565. The zero-order chi connectivity index (χ0) is 7.40. The zero-order valence-electron chi connectivity index (χ0n) is 5.84. The number of rotatable bonds is 2. The lowest BCUT2D eigenvalue weighted by Gasteiger charge is -2.01. The summed E-state index contributed by atoms with van der Waals surface area (Å²) in [6.07, 6.45) is 0. The number of hydrogen-bond acceptors (Lipinski definition) is 3. The maximum atomic E-state index is 8.34. The highest BCUT2D eigenvalue weighted by atomic mass is 16.6. The van der Waals surface area contributed by atoms with Crippen LogP contribution >= 0.6 is 0 Å². The van der Waals surface area contributed by atoms with Crippen LogP contribution in [0.25, 0.3) is 0 Å². The summed E-state index contributed by atoms with van der Waals surface area (Å²) in [5.74, 6) is 0.442. The smallest absolute Gasteiger partial charge is 0.512 e. The minimum Gasteiger partial charge on any atom is -0.512 e. The second kappa shape index (κ2) is 4.82. The molecule has 3 nitrogen and oxygen atoms in total. The SMILES string of the molecule is OB(O)Oc1ccccc1.[B]. The fourth-order valence-electron chi connectivity index (χ4n) is 0.621. The van der Waals surface area contributed by atoms with Gasteiger partial charge in [-0.1, -0.05) is 18.2 Å². The highest BCUT2D eigenvalue weighted by Gasteiger charge is 2.09. The van der Waals surface area contributed by atoms with Crippen molar-refractivity contribution in [1.29, 1.82) is 0 Å². The van der Waals surface area contributed by atoms with Crippen molar-refractivity contribution in [3.63, 3.8) is 0 Å². The normalized spacial score (nSPS) is 8.18. The van der Waals surface area contributed by atoms with Gasteiger partial charge in [-0.05, 0) is 12.1 Å². The molecule has 0 unspecified atom stereocenters. The Kier molecular flexibility index (Phi) is 4.41. The van der Waals surface area contributed by atoms with Gasteiger partial charge in [0.25, 0.3) is 0 Å². The maximum absolute atomic E-state index is 8.34. The average molecular weight is 149 g/mol. The van der Waals surface area contributed by atoms with Gasteiger partial charge in [0.15, 0.2) is 0 Å². The molecule has 0 aromatic heterocycles. The third kappa shape index (κ3) is 3.70. The summed E-state index contributed by atoms with van der Waals surface area (Å²) in [6.45, 7) is 0. The Morgan fingerprint density at radius 1 is 1.09 bits per heavy atom. The van der Waals surface area contributed by atoms with Crippen LogP contribution in [0.4, 0.5) is 0 Å². The van der Waals surface area contributed by atoms with Crippen molar-refractivity contribution in [3.8, 4) is 5.75 Å². The second-order valence-corrected chi connectivity index (χ2v) is 1.76. The molecule has 0 bridgehead atoms. The first kappa shape index (κ1) is 10.1. The van der Waals surface area contributed by atoms with Gasteiger partial charge < -0.3 is 14.7 Å². The van der Waals surface area contributed by atoms with Gasteiger partial charge in [0, 0.05) is 8.41 Å². The van der Waals surface area contributed by atoms with Gasteiger partial charge in [-0.25, -0.2) is 0 Å². The summed E-state index contributed by atoms with van der Waals surface area (Å²) in [5.41, 5.74) is 0. The Hall–Kier alpha value is -0.930. The second-order valence-electron chi connectivity index (χ2n) is 1.76. The molecule has 0 aliphatic rings. The van der Waals surface area contributed by atoms with E-state index in [4.69, 9.17) is 10.0 Å². The Labute approximate surface area is 67.4 Å². The Morgan fingerprint density at radius 2 is 1.64 bits per heavy atom. The third-order valence-corrected chi connectivity index (χ3v) is 0.985. The lowest BCUT2D eigenvalue weighted by molar-refractivity contribution is 0.288. The van der Waals surface area contributed by atoms with E-state index in [0.717, 1.165) is 0 Å². The molecule has 0 saturated heterocycles. The van der Waals surface area contributed by atoms with Crippen molar-refractivity contribution in [3.05, 3.63) is 30.3 Å². The highest BCUT2D eigenvalue weighted by molar-refractivity contribution is 6.33. The van der Waals surface area contributed by atoms with Crippen LogP contribution in [-0.2, 0) is 0 Å². The van der Waals surface area contributed by atoms with Gasteiger partial charge >= 0.3 is 7.32 Å². The standard InChI is InChI=1S/C6H7BO3.B/c8-7(9)10-6-4-2-1-3-5-6;/h1-5,8-9H;. The molecule has 1 rings (SSSR count). The molecular weight excluding hydrogens is 142 g/mol. The van der Waals surface area contributed by atoms with Crippen LogP contribution in [-0.4, -0.2) is 25.8 Å². The summed E-state index contributed by atoms with van der Waals surface area (Å²) < 4.78 is 4.53. The van der Waals surface area contributed by atoms with Gasteiger partial charge in [0.2, 0.25) is 0 Å². The molecule has 0 aliphatic carbocycles. The van der Waals surface area contributed by atoms with E-state index in [9.17, 15) is 0 Å². The molecule has 0 heterocycles. The molecule has 1 aromatic rings. The number of para-hydroxylation sites is 1. The third-order valence-electron chi connectivity index (χ3n) is 0.985. The highest BCUT2D eigenvalue weighted by Crippen LogP contribution is 2.07. The van der Waals surface area contributed by atoms with Gasteiger partial charge in [0.1, 0.15) is 5.75 Å². The zero-order valence-corrected chi connectivity index (χ0v) is 5.84. The van der Waals surface area contributed by atoms with E-state index in [0.29, 0.717) is 5.75 Å². The molecule has 1 aromatic carbocycles. The molecule has 0 amide bonds. The molecule has 0 spiro atoms. The van der Waals surface area contributed by atoms with Crippen molar-refractivity contribution in [1.82, 2.24) is 0 Å². The Balaban J connectivity index is 0.000001000. The lowest BCUT2D eigenvalue weighted by atomic mass is 10.2. The largest absolute Gasteiger partial charge is 0.707 e. The van der Waals surface area contributed by atoms with Crippen LogP contribution in [0, 0.1) is 0 Å². The van der Waals surface area contributed by atoms with E-state index in [1.165, 1.54) is 0 Å². The molecule has 0 saturated carbocycles. The molecule has 11 heavy (non-hydrogen) atoms. The molecule has 5 heteroatoms. The summed E-state index contributed by atoms with van der Waals surface area (Å²) >= 11 is 0. The maximum Gasteiger partial charge on any atom is 0.707 e. The average Bonchev–Trinajstić information content (AvgIpc) is 1.88. The molecule has 2 N–H and O–H groups in total. The molecule has 0 aliphatic heterocycles. The van der Waals surface area contributed by atoms with Crippen molar-refractivity contribution < 1.29 is 14.7 Å². The predicted molar refractivity (Wildman–Crippen MR) is 43.0 cm³/mol. The fourth-order valence-corrected chi connectivity index (χ4v) is 0.621. The fraction of sp³-hybridized carbons (Fsp3) is 0. The van der Waals surface area contributed by atoms with Gasteiger partial charge in [-0.2, -0.15) is 0 Å². The van der Waals surface area contributed by atoms with E-state index in [1.54, 1.807) is 24.3 Å². The monoisotopic (exact) mass is 149 g/mol. The van der Waals surface area contributed by atoms with Crippen LogP contribution in [0.1, 0.15) is 0 Å². The van der Waals surface area contributed by atoms with Crippen LogP contribution in [0.15, 0.2) is 30.3 Å². The summed E-state index contributed by atoms with van der Waals surface area (Å²) in [6, 6.07) is 8.59. The minimum absolute atomic E-state index is 0. The van der Waals surface area contributed by atoms with E-state index in [1.807, 2.05) is 6.07 Å². The van der Waals surface area contributed by atoms with Crippen molar-refractivity contribution >= 4 is 15.7 Å². The van der Waals surface area contributed by atoms with Crippen molar-refractivity contribution in [2.45, 2.75) is 0 Å². The predicted octanol–water partition coefficient (Wildman–Crippen LogP) is -0.346. The first-order chi connectivity index (χ1) is 4.79. The first-order valence-electron chi connectivity index (χ1n) is 2.87. The molecule has 55 valence electrons. The molecule has 0 atom stereocenters. The molecule has 3 radical (unpaired) electrons. The van der Waals surface area contributed by atoms with Gasteiger partial charge in [0.05, 0.1) is 0 Å². The molecular formula is C6H7B2O3. The Bertz CT molecular complexity index is 190. The Morgan fingerprint density at radius 3 is 2.09 bits per heavy atom. The first-order valence-corrected chi connectivity index (χ1v) is 2.87. The molecule has 0 fully saturated rings. The van der Waals surface area contributed by atoms with Crippen molar-refractivity contribution in [2.75, 3.05) is 0 Å². The van der Waals surface area contributed by atoms with E-state index >= 15 is 0 Å². The van der Waals surface area contributed by atoms with Gasteiger partial charge in [-0.15, -0.1) is 0 Å². The summed E-state index contributed by atoms with van der Waals surface area (Å²) in [5, 5.41) is 16.7. The van der Waals surface area contributed by atoms with Crippen LogP contribution in [0.2, 0.25) is 0 Å². The number of hydrogen-bond donors (Lipinski definition) is 2. The lowest BCUT2D eigenvalue weighted by Crippen LogP contribution is -2.20. The minimum atomic E-state index is -1.73. The van der Waals surface area contributed by atoms with E-state index in [2.05, 4.69) is 4.65 Å². The summed E-state index contributed by atoms with van der Waals surface area (Å²) in [4.78, 5) is 0. The van der Waals surface area contributed by atoms with Crippen LogP contribution < -0.4 is 4.65 Å². The van der Waals surface area contributed by atoms with E-state index in [-0.39, 0.29) is 8.41 Å². The van der Waals surface area contributed by atoms with E-state index < -0.39 is 7.32 Å². The van der Waals surface area contributed by atoms with Gasteiger partial charge in [-0.3, -0.25) is 0 Å². The van der Waals surface area contributed by atoms with Crippen LogP contribution in [0.3, 0.4) is 0 Å². The number of benzene rings is 1. The topological polar surface area (TPSA) is 49.7 Å². The van der Waals surface area contributed by atoms with Crippen LogP contribution in [0.5, 0.6) is 5.75 Å². The van der Waals surface area contributed by atoms with Crippen molar-refractivity contribution in [2.24, 2.45) is 0 Å². The summed E-state index contributed by atoms with van der Waals surface area (Å²) in [7, 11) is -1.73.